The van der Waals surface area contributed by atoms with Gasteiger partial charge in [0.05, 0.1) is 0 Å². The van der Waals surface area contributed by atoms with Crippen LogP contribution in [0, 0.1) is 0 Å². The molecule has 0 bridgehead atoms. The zero-order valence-electron chi connectivity index (χ0n) is 16.6. The van der Waals surface area contributed by atoms with Gasteiger partial charge in [-0.2, -0.15) is 0 Å². The van der Waals surface area contributed by atoms with E-state index in [1.165, 1.54) is 45.4 Å². The molecule has 0 aliphatic rings. The number of hydrogen-bond acceptors (Lipinski definition) is 0. The number of rotatable bonds is 5. The second-order valence-corrected chi connectivity index (χ2v) is 7.45. The minimum Gasteiger partial charge on any atom is -0.0648 e. The number of benzene rings is 4. The van der Waals surface area contributed by atoms with Gasteiger partial charge >= 0.3 is 0 Å². The summed E-state index contributed by atoms with van der Waals surface area (Å²) in [7, 11) is 0. The van der Waals surface area contributed by atoms with E-state index in [4.69, 9.17) is 0 Å². The second kappa shape index (κ2) is 8.27. The Morgan fingerprint density at radius 1 is 0.464 bits per heavy atom. The first-order valence-electron chi connectivity index (χ1n) is 10.1. The van der Waals surface area contributed by atoms with Crippen LogP contribution in [0.2, 0.25) is 0 Å². The lowest BCUT2D eigenvalue weighted by Gasteiger charge is -2.10. The predicted octanol–water partition coefficient (Wildman–Crippen LogP) is 8.20. The molecule has 4 aromatic carbocycles. The van der Waals surface area contributed by atoms with Crippen molar-refractivity contribution in [2.24, 2.45) is 0 Å². The molecule has 0 radical (unpaired) electrons. The molecule has 0 fully saturated rings. The molecule has 138 valence electrons. The maximum atomic E-state index is 2.28. The average molecular weight is 363 g/mol. The molecule has 4 rings (SSSR count). The molecule has 0 heterocycles. The highest BCUT2D eigenvalue weighted by Gasteiger charge is 2.05. The SMILES string of the molecule is CC[C@@H](C)c1ccc(-c2ccc(-c3ccc(-c4ccccc4)cc3)cc2)cc1. The fourth-order valence-corrected chi connectivity index (χ4v) is 3.58. The van der Waals surface area contributed by atoms with E-state index in [1.54, 1.807) is 0 Å². The second-order valence-electron chi connectivity index (χ2n) is 7.45. The standard InChI is InChI=1S/C28H26/c1-3-21(2)22-9-11-25(12-10-22)26-17-19-28(20-18-26)27-15-13-24(14-16-27)23-7-5-4-6-8-23/h4-21H,3H2,1-2H3/t21-/m1/s1. The lowest BCUT2D eigenvalue weighted by atomic mass is 9.95. The van der Waals surface area contributed by atoms with E-state index in [0.29, 0.717) is 5.92 Å². The molecule has 0 aliphatic heterocycles. The Hall–Kier alpha value is -3.12. The van der Waals surface area contributed by atoms with E-state index < -0.39 is 0 Å². The summed E-state index contributed by atoms with van der Waals surface area (Å²) in [5.74, 6) is 0.621. The van der Waals surface area contributed by atoms with E-state index in [0.717, 1.165) is 0 Å². The van der Waals surface area contributed by atoms with Crippen LogP contribution in [0.3, 0.4) is 0 Å². The number of hydrogen-bond donors (Lipinski definition) is 0. The molecule has 0 saturated heterocycles. The van der Waals surface area contributed by atoms with Crippen molar-refractivity contribution in [1.82, 2.24) is 0 Å². The normalized spacial score (nSPS) is 11.9. The molecular weight excluding hydrogens is 336 g/mol. The fraction of sp³-hybridized carbons (Fsp3) is 0.143. The topological polar surface area (TPSA) is 0 Å². The van der Waals surface area contributed by atoms with Gasteiger partial charge in [0.15, 0.2) is 0 Å². The molecule has 0 heteroatoms. The molecule has 0 N–H and O–H groups in total. The maximum absolute atomic E-state index is 2.28. The molecular formula is C28H26. The summed E-state index contributed by atoms with van der Waals surface area (Å²) in [6.07, 6.45) is 1.18. The minimum absolute atomic E-state index is 0.621. The van der Waals surface area contributed by atoms with E-state index in [9.17, 15) is 0 Å². The first-order valence-corrected chi connectivity index (χ1v) is 10.1. The van der Waals surface area contributed by atoms with Gasteiger partial charge in [0.1, 0.15) is 0 Å². The first-order chi connectivity index (χ1) is 13.7. The van der Waals surface area contributed by atoms with Crippen LogP contribution in [0.5, 0.6) is 0 Å². The monoisotopic (exact) mass is 362 g/mol. The highest BCUT2D eigenvalue weighted by molar-refractivity contribution is 5.73. The van der Waals surface area contributed by atoms with Gasteiger partial charge in [0, 0.05) is 0 Å². The molecule has 0 aromatic heterocycles. The quantitative estimate of drug-likeness (QED) is 0.335. The Balaban J connectivity index is 1.53. The van der Waals surface area contributed by atoms with Crippen LogP contribution >= 0.6 is 0 Å². The third-order valence-electron chi connectivity index (χ3n) is 5.64. The zero-order chi connectivity index (χ0) is 19.3. The van der Waals surface area contributed by atoms with Gasteiger partial charge < -0.3 is 0 Å². The van der Waals surface area contributed by atoms with Crippen LogP contribution in [-0.4, -0.2) is 0 Å². The van der Waals surface area contributed by atoms with Crippen molar-refractivity contribution >= 4 is 0 Å². The Kier molecular flexibility index (Phi) is 5.39. The van der Waals surface area contributed by atoms with E-state index in [-0.39, 0.29) is 0 Å². The molecule has 0 aliphatic carbocycles. The smallest absolute Gasteiger partial charge is 0.0184 e. The van der Waals surface area contributed by atoms with Gasteiger partial charge in [-0.15, -0.1) is 0 Å². The Morgan fingerprint density at radius 2 is 0.786 bits per heavy atom. The molecule has 1 atom stereocenters. The van der Waals surface area contributed by atoms with Gasteiger partial charge in [-0.3, -0.25) is 0 Å². The molecule has 0 nitrogen and oxygen atoms in total. The maximum Gasteiger partial charge on any atom is -0.0184 e. The first kappa shape index (κ1) is 18.3. The lowest BCUT2D eigenvalue weighted by molar-refractivity contribution is 0.734. The molecule has 0 saturated carbocycles. The summed E-state index contributed by atoms with van der Waals surface area (Å²) >= 11 is 0. The van der Waals surface area contributed by atoms with Crippen LogP contribution in [0.25, 0.3) is 33.4 Å². The van der Waals surface area contributed by atoms with Crippen molar-refractivity contribution in [3.63, 3.8) is 0 Å². The van der Waals surface area contributed by atoms with E-state index >= 15 is 0 Å². The van der Waals surface area contributed by atoms with Crippen molar-refractivity contribution in [2.75, 3.05) is 0 Å². The van der Waals surface area contributed by atoms with E-state index in [2.05, 4.69) is 117 Å². The van der Waals surface area contributed by atoms with Gasteiger partial charge in [-0.1, -0.05) is 117 Å². The van der Waals surface area contributed by atoms with Crippen LogP contribution in [0.15, 0.2) is 103 Å². The molecule has 4 aromatic rings. The highest BCUT2D eigenvalue weighted by atomic mass is 14.1. The van der Waals surface area contributed by atoms with Crippen LogP contribution in [0.1, 0.15) is 31.7 Å². The summed E-state index contributed by atoms with van der Waals surface area (Å²) in [6.45, 7) is 4.52. The van der Waals surface area contributed by atoms with Crippen molar-refractivity contribution in [1.29, 1.82) is 0 Å². The summed E-state index contributed by atoms with van der Waals surface area (Å²) in [4.78, 5) is 0. The Bertz CT molecular complexity index is 1010. The molecule has 0 spiro atoms. The third-order valence-corrected chi connectivity index (χ3v) is 5.64. The van der Waals surface area contributed by atoms with Crippen molar-refractivity contribution in [3.8, 4) is 33.4 Å². The zero-order valence-corrected chi connectivity index (χ0v) is 16.6. The van der Waals surface area contributed by atoms with Crippen molar-refractivity contribution in [3.05, 3.63) is 109 Å². The van der Waals surface area contributed by atoms with Gasteiger partial charge in [-0.05, 0) is 51.3 Å². The van der Waals surface area contributed by atoms with Crippen LogP contribution in [0.4, 0.5) is 0 Å². The summed E-state index contributed by atoms with van der Waals surface area (Å²) < 4.78 is 0. The predicted molar refractivity (Wildman–Crippen MR) is 121 cm³/mol. The third kappa shape index (κ3) is 3.92. The average Bonchev–Trinajstić information content (AvgIpc) is 2.79. The largest absolute Gasteiger partial charge is 0.0648 e. The molecule has 0 amide bonds. The van der Waals surface area contributed by atoms with Crippen molar-refractivity contribution < 1.29 is 0 Å². The lowest BCUT2D eigenvalue weighted by Crippen LogP contribution is -1.90. The Labute approximate surface area is 168 Å². The summed E-state index contributed by atoms with van der Waals surface area (Å²) in [6, 6.07) is 37.2. The van der Waals surface area contributed by atoms with Gasteiger partial charge in [0.2, 0.25) is 0 Å². The van der Waals surface area contributed by atoms with Gasteiger partial charge in [-0.25, -0.2) is 0 Å². The fourth-order valence-electron chi connectivity index (χ4n) is 3.58. The molecule has 28 heavy (non-hydrogen) atoms. The van der Waals surface area contributed by atoms with Crippen LogP contribution in [-0.2, 0) is 0 Å². The summed E-state index contributed by atoms with van der Waals surface area (Å²) in [5, 5.41) is 0. The summed E-state index contributed by atoms with van der Waals surface area (Å²) in [5.41, 5.74) is 8.96. The molecule has 0 unspecified atom stereocenters. The van der Waals surface area contributed by atoms with Crippen molar-refractivity contribution in [2.45, 2.75) is 26.2 Å². The van der Waals surface area contributed by atoms with Gasteiger partial charge in [0.25, 0.3) is 0 Å². The minimum atomic E-state index is 0.621. The Morgan fingerprint density at radius 3 is 1.14 bits per heavy atom. The van der Waals surface area contributed by atoms with E-state index in [1.807, 2.05) is 0 Å². The highest BCUT2D eigenvalue weighted by Crippen LogP contribution is 2.28. The van der Waals surface area contributed by atoms with Crippen LogP contribution < -0.4 is 0 Å².